The quantitative estimate of drug-likeness (QED) is 0.911. The third-order valence-corrected chi connectivity index (χ3v) is 4.96. The summed E-state index contributed by atoms with van der Waals surface area (Å²) in [4.78, 5) is 25.9. The molecular weight excluding hydrogens is 342 g/mol. The number of hydrogen-bond acceptors (Lipinski definition) is 3. The summed E-state index contributed by atoms with van der Waals surface area (Å²) in [6.07, 6.45) is 1.28. The van der Waals surface area contributed by atoms with E-state index in [0.717, 1.165) is 11.4 Å². The Bertz CT molecular complexity index is 818. The van der Waals surface area contributed by atoms with Crippen LogP contribution in [0.25, 0.3) is 5.69 Å². The summed E-state index contributed by atoms with van der Waals surface area (Å²) in [7, 11) is 0. The van der Waals surface area contributed by atoms with E-state index in [1.807, 2.05) is 19.1 Å². The SMILES string of the molecule is Cc1cc(C(=O)N2CCC[C@@H](C(=O)O)[C@H]2C)nn1-c1cccc(Cl)c1. The molecule has 0 saturated carbocycles. The zero-order chi connectivity index (χ0) is 18.1. The van der Waals surface area contributed by atoms with Gasteiger partial charge < -0.3 is 10.0 Å². The highest BCUT2D eigenvalue weighted by molar-refractivity contribution is 6.30. The van der Waals surface area contributed by atoms with Gasteiger partial charge in [-0.3, -0.25) is 9.59 Å². The van der Waals surface area contributed by atoms with Gasteiger partial charge in [0.25, 0.3) is 5.91 Å². The Morgan fingerprint density at radius 2 is 2.08 bits per heavy atom. The fourth-order valence-corrected chi connectivity index (χ4v) is 3.54. The highest BCUT2D eigenvalue weighted by atomic mass is 35.5. The lowest BCUT2D eigenvalue weighted by Crippen LogP contribution is -2.49. The number of rotatable bonds is 3. The Kier molecular flexibility index (Phi) is 4.81. The molecule has 25 heavy (non-hydrogen) atoms. The van der Waals surface area contributed by atoms with Crippen molar-refractivity contribution < 1.29 is 14.7 Å². The van der Waals surface area contributed by atoms with Crippen LogP contribution in [0.3, 0.4) is 0 Å². The monoisotopic (exact) mass is 361 g/mol. The van der Waals surface area contributed by atoms with Gasteiger partial charge in [-0.05, 0) is 51.0 Å². The number of benzene rings is 1. The Morgan fingerprint density at radius 1 is 1.32 bits per heavy atom. The molecule has 1 amide bonds. The van der Waals surface area contributed by atoms with Crippen LogP contribution in [0.5, 0.6) is 0 Å². The van der Waals surface area contributed by atoms with Crippen molar-refractivity contribution in [1.82, 2.24) is 14.7 Å². The molecule has 1 aliphatic heterocycles. The number of carbonyl (C=O) groups is 2. The largest absolute Gasteiger partial charge is 0.481 e. The lowest BCUT2D eigenvalue weighted by molar-refractivity contribution is -0.144. The summed E-state index contributed by atoms with van der Waals surface area (Å²) in [5.41, 5.74) is 1.90. The number of piperidine rings is 1. The second-order valence-electron chi connectivity index (χ2n) is 6.39. The lowest BCUT2D eigenvalue weighted by atomic mass is 9.90. The number of aliphatic carboxylic acids is 1. The van der Waals surface area contributed by atoms with Crippen molar-refractivity contribution in [2.45, 2.75) is 32.7 Å². The first kappa shape index (κ1) is 17.5. The third-order valence-electron chi connectivity index (χ3n) is 4.73. The van der Waals surface area contributed by atoms with Crippen molar-refractivity contribution in [2.75, 3.05) is 6.54 Å². The zero-order valence-corrected chi connectivity index (χ0v) is 14.9. The minimum Gasteiger partial charge on any atom is -0.481 e. The fraction of sp³-hybridized carbons (Fsp3) is 0.389. The molecule has 1 N–H and O–H groups in total. The second-order valence-corrected chi connectivity index (χ2v) is 6.83. The Balaban J connectivity index is 1.88. The molecule has 132 valence electrons. The zero-order valence-electron chi connectivity index (χ0n) is 14.1. The van der Waals surface area contributed by atoms with Gasteiger partial charge in [0.1, 0.15) is 0 Å². The van der Waals surface area contributed by atoms with Crippen LogP contribution in [0.1, 0.15) is 35.9 Å². The van der Waals surface area contributed by atoms with Crippen molar-refractivity contribution in [1.29, 1.82) is 0 Å². The first-order chi connectivity index (χ1) is 11.9. The van der Waals surface area contributed by atoms with Gasteiger partial charge in [0.2, 0.25) is 0 Å². The topological polar surface area (TPSA) is 75.4 Å². The van der Waals surface area contributed by atoms with Crippen LogP contribution in [-0.4, -0.2) is 44.3 Å². The van der Waals surface area contributed by atoms with Crippen LogP contribution in [0.4, 0.5) is 0 Å². The number of carboxylic acids is 1. The molecule has 7 heteroatoms. The number of aromatic nitrogens is 2. The number of hydrogen-bond donors (Lipinski definition) is 1. The van der Waals surface area contributed by atoms with Crippen molar-refractivity contribution in [3.63, 3.8) is 0 Å². The van der Waals surface area contributed by atoms with E-state index < -0.39 is 11.9 Å². The molecule has 1 saturated heterocycles. The first-order valence-electron chi connectivity index (χ1n) is 8.25. The smallest absolute Gasteiger partial charge is 0.308 e. The van der Waals surface area contributed by atoms with E-state index in [0.29, 0.717) is 30.1 Å². The molecule has 1 aliphatic rings. The Hall–Kier alpha value is -2.34. The van der Waals surface area contributed by atoms with Gasteiger partial charge in [0.05, 0.1) is 11.6 Å². The van der Waals surface area contributed by atoms with E-state index in [2.05, 4.69) is 5.10 Å². The predicted octanol–water partition coefficient (Wildman–Crippen LogP) is 3.16. The number of carboxylic acid groups (broad SMARTS) is 1. The molecule has 2 heterocycles. The predicted molar refractivity (Wildman–Crippen MR) is 94.2 cm³/mol. The molecule has 2 aromatic rings. The van der Waals surface area contributed by atoms with E-state index >= 15 is 0 Å². The van der Waals surface area contributed by atoms with E-state index in [9.17, 15) is 14.7 Å². The second kappa shape index (κ2) is 6.88. The van der Waals surface area contributed by atoms with Crippen LogP contribution >= 0.6 is 11.6 Å². The molecule has 1 aromatic heterocycles. The summed E-state index contributed by atoms with van der Waals surface area (Å²) in [6, 6.07) is 8.61. The summed E-state index contributed by atoms with van der Waals surface area (Å²) >= 11 is 6.03. The molecule has 0 bridgehead atoms. The summed E-state index contributed by atoms with van der Waals surface area (Å²) in [5, 5.41) is 14.3. The van der Waals surface area contributed by atoms with Crippen LogP contribution < -0.4 is 0 Å². The molecule has 0 unspecified atom stereocenters. The average molecular weight is 362 g/mol. The fourth-order valence-electron chi connectivity index (χ4n) is 3.36. The number of amides is 1. The van der Waals surface area contributed by atoms with Crippen molar-refractivity contribution in [2.24, 2.45) is 5.92 Å². The standard InChI is InChI=1S/C18H20ClN3O3/c1-11-9-16(20-22(11)14-6-3-5-13(19)10-14)17(23)21-8-4-7-15(12(21)2)18(24)25/h3,5-6,9-10,12,15H,4,7-8H2,1-2H3,(H,24,25)/t12-,15-/m1/s1. The van der Waals surface area contributed by atoms with Gasteiger partial charge in [-0.1, -0.05) is 17.7 Å². The molecule has 3 rings (SSSR count). The molecule has 6 nitrogen and oxygen atoms in total. The number of halogens is 1. The molecule has 1 aromatic carbocycles. The molecule has 0 aliphatic carbocycles. The molecule has 0 spiro atoms. The maximum atomic E-state index is 12.9. The number of aryl methyl sites for hydroxylation is 1. The van der Waals surface area contributed by atoms with E-state index in [4.69, 9.17) is 11.6 Å². The molecular formula is C18H20ClN3O3. The van der Waals surface area contributed by atoms with Gasteiger partial charge >= 0.3 is 5.97 Å². The highest BCUT2D eigenvalue weighted by Gasteiger charge is 2.36. The summed E-state index contributed by atoms with van der Waals surface area (Å²) in [6.45, 7) is 4.20. The van der Waals surface area contributed by atoms with Gasteiger partial charge in [0, 0.05) is 23.3 Å². The van der Waals surface area contributed by atoms with Gasteiger partial charge in [-0.2, -0.15) is 5.10 Å². The number of carbonyl (C=O) groups excluding carboxylic acids is 1. The van der Waals surface area contributed by atoms with Crippen molar-refractivity contribution >= 4 is 23.5 Å². The average Bonchev–Trinajstić information content (AvgIpc) is 2.96. The van der Waals surface area contributed by atoms with E-state index in [1.165, 1.54) is 0 Å². The number of nitrogens with zero attached hydrogens (tertiary/aromatic N) is 3. The Labute approximate surface area is 151 Å². The van der Waals surface area contributed by atoms with Crippen molar-refractivity contribution in [3.8, 4) is 5.69 Å². The summed E-state index contributed by atoms with van der Waals surface area (Å²) in [5.74, 6) is -1.62. The maximum absolute atomic E-state index is 12.9. The molecule has 0 radical (unpaired) electrons. The van der Waals surface area contributed by atoms with Crippen molar-refractivity contribution in [3.05, 3.63) is 46.7 Å². The van der Waals surface area contributed by atoms with Gasteiger partial charge in [-0.25, -0.2) is 4.68 Å². The summed E-state index contributed by atoms with van der Waals surface area (Å²) < 4.78 is 1.67. The molecule has 2 atom stereocenters. The van der Waals surface area contributed by atoms with E-state index in [1.54, 1.807) is 34.7 Å². The Morgan fingerprint density at radius 3 is 2.76 bits per heavy atom. The number of likely N-dealkylation sites (tertiary alicyclic amines) is 1. The molecule has 1 fully saturated rings. The minimum atomic E-state index is -0.856. The van der Waals surface area contributed by atoms with Gasteiger partial charge in [-0.15, -0.1) is 0 Å². The first-order valence-corrected chi connectivity index (χ1v) is 8.62. The maximum Gasteiger partial charge on any atom is 0.308 e. The van der Waals surface area contributed by atoms with Crippen LogP contribution in [0.15, 0.2) is 30.3 Å². The van der Waals surface area contributed by atoms with Crippen LogP contribution in [0.2, 0.25) is 5.02 Å². The highest BCUT2D eigenvalue weighted by Crippen LogP contribution is 2.26. The van der Waals surface area contributed by atoms with Crippen LogP contribution in [0, 0.1) is 12.8 Å². The van der Waals surface area contributed by atoms with E-state index in [-0.39, 0.29) is 11.9 Å². The van der Waals surface area contributed by atoms with Gasteiger partial charge in [0.15, 0.2) is 5.69 Å². The lowest BCUT2D eigenvalue weighted by Gasteiger charge is -2.37. The minimum absolute atomic E-state index is 0.234. The normalized spacial score (nSPS) is 20.5. The van der Waals surface area contributed by atoms with Crippen LogP contribution in [-0.2, 0) is 4.79 Å². The third kappa shape index (κ3) is 3.39.